The van der Waals surface area contributed by atoms with Crippen LogP contribution in [0.15, 0.2) is 24.3 Å². The molecular formula is C19H33NO. The number of aryl methyl sites for hydroxylation is 1. The van der Waals surface area contributed by atoms with Gasteiger partial charge in [0.25, 0.3) is 0 Å². The highest BCUT2D eigenvalue weighted by Crippen LogP contribution is 2.27. The molecule has 21 heavy (non-hydrogen) atoms. The molecule has 0 heterocycles. The molecule has 2 heteroatoms. The second-order valence-electron chi connectivity index (χ2n) is 6.78. The van der Waals surface area contributed by atoms with E-state index >= 15 is 0 Å². The van der Waals surface area contributed by atoms with Gasteiger partial charge in [-0.3, -0.25) is 0 Å². The van der Waals surface area contributed by atoms with Crippen molar-refractivity contribution in [1.82, 2.24) is 5.32 Å². The Bertz CT molecular complexity index is 391. The molecule has 0 saturated heterocycles. The Morgan fingerprint density at radius 2 is 1.57 bits per heavy atom. The van der Waals surface area contributed by atoms with Gasteiger partial charge in [-0.25, -0.2) is 0 Å². The number of benzene rings is 1. The van der Waals surface area contributed by atoms with E-state index in [2.05, 4.69) is 71.1 Å². The van der Waals surface area contributed by atoms with Crippen LogP contribution in [0.1, 0.15) is 52.7 Å². The zero-order valence-electron chi connectivity index (χ0n) is 14.7. The van der Waals surface area contributed by atoms with E-state index < -0.39 is 0 Å². The SMILES string of the molecule is CCNC(Cc1ccc(CC)cc1)C(OCC)C(C)(C)C. The maximum Gasteiger partial charge on any atom is 0.0779 e. The van der Waals surface area contributed by atoms with E-state index in [9.17, 15) is 0 Å². The molecule has 0 bridgehead atoms. The molecule has 0 aliphatic rings. The standard InChI is InChI=1S/C19H33NO/c1-7-15-10-12-16(13-11-15)14-17(20-8-2)18(21-9-3)19(4,5)6/h10-13,17-18,20H,7-9,14H2,1-6H3. The molecular weight excluding hydrogens is 258 g/mol. The highest BCUT2D eigenvalue weighted by atomic mass is 16.5. The van der Waals surface area contributed by atoms with Gasteiger partial charge in [0.1, 0.15) is 0 Å². The van der Waals surface area contributed by atoms with Gasteiger partial charge in [0.05, 0.1) is 6.10 Å². The van der Waals surface area contributed by atoms with Crippen molar-refractivity contribution in [2.24, 2.45) is 5.41 Å². The lowest BCUT2D eigenvalue weighted by Gasteiger charge is -2.37. The van der Waals surface area contributed by atoms with Crippen LogP contribution in [-0.4, -0.2) is 25.3 Å². The van der Waals surface area contributed by atoms with Crippen LogP contribution in [0.2, 0.25) is 0 Å². The van der Waals surface area contributed by atoms with Crippen LogP contribution < -0.4 is 5.32 Å². The third-order valence-electron chi connectivity index (χ3n) is 3.92. The first-order valence-corrected chi connectivity index (χ1v) is 8.35. The predicted octanol–water partition coefficient (Wildman–Crippen LogP) is 4.22. The lowest BCUT2D eigenvalue weighted by molar-refractivity contribution is -0.0352. The molecule has 1 aromatic carbocycles. The first-order chi connectivity index (χ1) is 9.92. The van der Waals surface area contributed by atoms with Gasteiger partial charge in [0, 0.05) is 12.6 Å². The lowest BCUT2D eigenvalue weighted by Crippen LogP contribution is -2.49. The summed E-state index contributed by atoms with van der Waals surface area (Å²) in [6, 6.07) is 9.35. The molecule has 2 atom stereocenters. The van der Waals surface area contributed by atoms with Gasteiger partial charge in [-0.1, -0.05) is 58.9 Å². The number of nitrogens with one attached hydrogen (secondary N) is 1. The molecule has 0 spiro atoms. The monoisotopic (exact) mass is 291 g/mol. The van der Waals surface area contributed by atoms with Crippen molar-refractivity contribution < 1.29 is 4.74 Å². The largest absolute Gasteiger partial charge is 0.376 e. The van der Waals surface area contributed by atoms with Crippen molar-refractivity contribution in [2.45, 2.75) is 66.5 Å². The van der Waals surface area contributed by atoms with Crippen LogP contribution in [0.3, 0.4) is 0 Å². The van der Waals surface area contributed by atoms with Crippen LogP contribution in [0.25, 0.3) is 0 Å². The summed E-state index contributed by atoms with van der Waals surface area (Å²) < 4.78 is 6.08. The second kappa shape index (κ2) is 8.55. The summed E-state index contributed by atoms with van der Waals surface area (Å²) in [4.78, 5) is 0. The first kappa shape index (κ1) is 18.2. The fraction of sp³-hybridized carbons (Fsp3) is 0.684. The molecule has 0 aliphatic heterocycles. The molecule has 0 aromatic heterocycles. The van der Waals surface area contributed by atoms with Gasteiger partial charge in [0.2, 0.25) is 0 Å². The maximum absolute atomic E-state index is 6.08. The third-order valence-corrected chi connectivity index (χ3v) is 3.92. The summed E-state index contributed by atoms with van der Waals surface area (Å²) in [5.74, 6) is 0. The highest BCUT2D eigenvalue weighted by molar-refractivity contribution is 5.23. The van der Waals surface area contributed by atoms with Crippen LogP contribution in [0.4, 0.5) is 0 Å². The Morgan fingerprint density at radius 3 is 2.00 bits per heavy atom. The van der Waals surface area contributed by atoms with Crippen LogP contribution in [-0.2, 0) is 17.6 Å². The predicted molar refractivity (Wildman–Crippen MR) is 91.9 cm³/mol. The molecule has 2 nitrogen and oxygen atoms in total. The molecule has 0 radical (unpaired) electrons. The van der Waals surface area contributed by atoms with E-state index in [0.717, 1.165) is 26.0 Å². The molecule has 1 N–H and O–H groups in total. The van der Waals surface area contributed by atoms with Gasteiger partial charge >= 0.3 is 0 Å². The minimum Gasteiger partial charge on any atom is -0.376 e. The van der Waals surface area contributed by atoms with Crippen molar-refractivity contribution in [2.75, 3.05) is 13.2 Å². The number of likely N-dealkylation sites (N-methyl/N-ethyl adjacent to an activating group) is 1. The van der Waals surface area contributed by atoms with Crippen LogP contribution in [0.5, 0.6) is 0 Å². The molecule has 0 aliphatic carbocycles. The van der Waals surface area contributed by atoms with Gasteiger partial charge in [-0.15, -0.1) is 0 Å². The highest BCUT2D eigenvalue weighted by Gasteiger charge is 2.32. The maximum atomic E-state index is 6.08. The van der Waals surface area contributed by atoms with E-state index in [1.165, 1.54) is 11.1 Å². The zero-order chi connectivity index (χ0) is 15.9. The van der Waals surface area contributed by atoms with E-state index in [-0.39, 0.29) is 11.5 Å². The Hall–Kier alpha value is -0.860. The van der Waals surface area contributed by atoms with Crippen molar-refractivity contribution in [3.8, 4) is 0 Å². The van der Waals surface area contributed by atoms with Crippen molar-refractivity contribution >= 4 is 0 Å². The first-order valence-electron chi connectivity index (χ1n) is 8.35. The van der Waals surface area contributed by atoms with Crippen molar-refractivity contribution in [1.29, 1.82) is 0 Å². The second-order valence-corrected chi connectivity index (χ2v) is 6.78. The third kappa shape index (κ3) is 5.80. The van der Waals surface area contributed by atoms with E-state index in [4.69, 9.17) is 4.74 Å². The summed E-state index contributed by atoms with van der Waals surface area (Å²) in [5, 5.41) is 3.63. The van der Waals surface area contributed by atoms with Crippen molar-refractivity contribution in [3.63, 3.8) is 0 Å². The normalized spacial score (nSPS) is 15.0. The molecule has 0 amide bonds. The van der Waals surface area contributed by atoms with Gasteiger partial charge < -0.3 is 10.1 Å². The summed E-state index contributed by atoms with van der Waals surface area (Å²) in [5.41, 5.74) is 2.91. The van der Waals surface area contributed by atoms with Gasteiger partial charge in [-0.2, -0.15) is 0 Å². The van der Waals surface area contributed by atoms with Gasteiger partial charge in [-0.05, 0) is 42.9 Å². The average molecular weight is 291 g/mol. The minimum absolute atomic E-state index is 0.131. The van der Waals surface area contributed by atoms with Crippen molar-refractivity contribution in [3.05, 3.63) is 35.4 Å². The fourth-order valence-corrected chi connectivity index (χ4v) is 2.86. The summed E-state index contributed by atoms with van der Waals surface area (Å²) in [7, 11) is 0. The van der Waals surface area contributed by atoms with E-state index in [1.807, 2.05) is 0 Å². The number of ether oxygens (including phenoxy) is 1. The molecule has 1 rings (SSSR count). The Kier molecular flexibility index (Phi) is 7.41. The number of hydrogen-bond donors (Lipinski definition) is 1. The molecule has 0 fully saturated rings. The zero-order valence-corrected chi connectivity index (χ0v) is 14.7. The Balaban J connectivity index is 2.87. The van der Waals surface area contributed by atoms with E-state index in [0.29, 0.717) is 6.04 Å². The molecule has 1 aromatic rings. The quantitative estimate of drug-likeness (QED) is 0.774. The Labute approximate surface area is 131 Å². The van der Waals surface area contributed by atoms with Gasteiger partial charge in [0.15, 0.2) is 0 Å². The molecule has 0 saturated carbocycles. The number of hydrogen-bond acceptors (Lipinski definition) is 2. The molecule has 2 unspecified atom stereocenters. The average Bonchev–Trinajstić information content (AvgIpc) is 2.44. The summed E-state index contributed by atoms with van der Waals surface area (Å²) >= 11 is 0. The van der Waals surface area contributed by atoms with Crippen LogP contribution >= 0.6 is 0 Å². The van der Waals surface area contributed by atoms with E-state index in [1.54, 1.807) is 0 Å². The summed E-state index contributed by atoms with van der Waals surface area (Å²) in [6.45, 7) is 15.0. The summed E-state index contributed by atoms with van der Waals surface area (Å²) in [6.07, 6.45) is 2.33. The number of rotatable bonds is 8. The smallest absolute Gasteiger partial charge is 0.0779 e. The minimum atomic E-state index is 0.131. The lowest BCUT2D eigenvalue weighted by atomic mass is 9.82. The fourth-order valence-electron chi connectivity index (χ4n) is 2.86. The molecule has 120 valence electrons. The Morgan fingerprint density at radius 1 is 1.00 bits per heavy atom. The van der Waals surface area contributed by atoms with Crippen LogP contribution in [0, 0.1) is 5.41 Å². The topological polar surface area (TPSA) is 21.3 Å².